The smallest absolute Gasteiger partial charge is 0.216 e. The van der Waals surface area contributed by atoms with E-state index in [9.17, 15) is 4.79 Å². The number of rotatable bonds is 4. The van der Waals surface area contributed by atoms with Gasteiger partial charge in [-0.2, -0.15) is 0 Å². The van der Waals surface area contributed by atoms with E-state index >= 15 is 0 Å². The van der Waals surface area contributed by atoms with E-state index in [0.29, 0.717) is 6.54 Å². The van der Waals surface area contributed by atoms with Crippen LogP contribution >= 0.6 is 0 Å². The summed E-state index contributed by atoms with van der Waals surface area (Å²) in [6, 6.07) is 7.84. The van der Waals surface area contributed by atoms with Crippen molar-refractivity contribution in [3.63, 3.8) is 0 Å². The number of nitrogens with one attached hydrogen (secondary N) is 1. The van der Waals surface area contributed by atoms with E-state index in [0.717, 1.165) is 17.7 Å². The Morgan fingerprint density at radius 2 is 2.29 bits per heavy atom. The van der Waals surface area contributed by atoms with Crippen LogP contribution < -0.4 is 10.1 Å². The van der Waals surface area contributed by atoms with E-state index in [1.807, 2.05) is 24.3 Å². The Morgan fingerprint density at radius 1 is 1.50 bits per heavy atom. The van der Waals surface area contributed by atoms with Crippen LogP contribution in [-0.4, -0.2) is 19.6 Å². The molecule has 0 bridgehead atoms. The molecule has 0 unspecified atom stereocenters. The van der Waals surface area contributed by atoms with Gasteiger partial charge in [-0.15, -0.1) is 0 Å². The molecule has 1 aromatic carbocycles. The van der Waals surface area contributed by atoms with E-state index in [1.54, 1.807) is 7.11 Å². The van der Waals surface area contributed by atoms with Gasteiger partial charge in [0.25, 0.3) is 0 Å². The number of hydrogen-bond acceptors (Lipinski definition) is 2. The molecule has 0 aliphatic rings. The Morgan fingerprint density at radius 3 is 2.93 bits per heavy atom. The van der Waals surface area contributed by atoms with Crippen LogP contribution in [0.25, 0.3) is 0 Å². The minimum Gasteiger partial charge on any atom is -0.497 e. The van der Waals surface area contributed by atoms with Crippen molar-refractivity contribution in [3.8, 4) is 5.75 Å². The summed E-state index contributed by atoms with van der Waals surface area (Å²) in [6.45, 7) is 2.19. The number of carbonyl (C=O) groups excluding carboxylic acids is 1. The van der Waals surface area contributed by atoms with Crippen molar-refractivity contribution >= 4 is 5.91 Å². The Hall–Kier alpha value is -1.51. The second-order valence-corrected chi connectivity index (χ2v) is 3.08. The lowest BCUT2D eigenvalue weighted by Crippen LogP contribution is -2.22. The molecule has 0 aliphatic heterocycles. The first-order chi connectivity index (χ1) is 6.72. The fourth-order valence-corrected chi connectivity index (χ4v) is 1.21. The molecule has 1 rings (SSSR count). The van der Waals surface area contributed by atoms with Crippen molar-refractivity contribution in [2.45, 2.75) is 13.3 Å². The van der Waals surface area contributed by atoms with E-state index in [1.165, 1.54) is 6.92 Å². The fraction of sp³-hybridized carbons (Fsp3) is 0.364. The molecule has 3 nitrogen and oxygen atoms in total. The third-order valence-electron chi connectivity index (χ3n) is 1.92. The summed E-state index contributed by atoms with van der Waals surface area (Å²) < 4.78 is 5.09. The quantitative estimate of drug-likeness (QED) is 0.784. The number of methoxy groups -OCH3 is 1. The standard InChI is InChI=1S/C11H15NO2/c1-9(13)12-7-6-10-4-3-5-11(8-10)14-2/h3-5,8H,6-7H2,1-2H3,(H,12,13). The van der Waals surface area contributed by atoms with Gasteiger partial charge < -0.3 is 10.1 Å². The number of hydrogen-bond donors (Lipinski definition) is 1. The highest BCUT2D eigenvalue weighted by Gasteiger charge is 1.96. The van der Waals surface area contributed by atoms with Crippen molar-refractivity contribution in [3.05, 3.63) is 29.8 Å². The SMILES string of the molecule is COc1cccc(CCNC(C)=O)c1. The van der Waals surface area contributed by atoms with E-state index < -0.39 is 0 Å². The van der Waals surface area contributed by atoms with Crippen LogP contribution in [0.15, 0.2) is 24.3 Å². The molecule has 0 spiro atoms. The highest BCUT2D eigenvalue weighted by molar-refractivity contribution is 5.72. The molecule has 0 aromatic heterocycles. The van der Waals surface area contributed by atoms with Gasteiger partial charge in [-0.1, -0.05) is 12.1 Å². The molecule has 0 fully saturated rings. The van der Waals surface area contributed by atoms with Gasteiger partial charge in [-0.25, -0.2) is 0 Å². The Bertz CT molecular complexity index is 310. The number of ether oxygens (including phenoxy) is 1. The third kappa shape index (κ3) is 3.47. The maximum Gasteiger partial charge on any atom is 0.216 e. The highest BCUT2D eigenvalue weighted by Crippen LogP contribution is 2.12. The van der Waals surface area contributed by atoms with Gasteiger partial charge in [-0.3, -0.25) is 4.79 Å². The molecule has 1 N–H and O–H groups in total. The molecule has 1 aromatic rings. The zero-order chi connectivity index (χ0) is 10.4. The number of amides is 1. The van der Waals surface area contributed by atoms with Crippen molar-refractivity contribution in [2.75, 3.05) is 13.7 Å². The summed E-state index contributed by atoms with van der Waals surface area (Å²) in [4.78, 5) is 10.6. The van der Waals surface area contributed by atoms with E-state index in [2.05, 4.69) is 5.32 Å². The van der Waals surface area contributed by atoms with Gasteiger partial charge in [0.2, 0.25) is 5.91 Å². The summed E-state index contributed by atoms with van der Waals surface area (Å²) in [5.41, 5.74) is 1.16. The second kappa shape index (κ2) is 5.27. The normalized spacial score (nSPS) is 9.57. The van der Waals surface area contributed by atoms with Crippen LogP contribution in [0, 0.1) is 0 Å². The molecule has 0 saturated carbocycles. The third-order valence-corrected chi connectivity index (χ3v) is 1.92. The zero-order valence-electron chi connectivity index (χ0n) is 8.54. The first-order valence-corrected chi connectivity index (χ1v) is 4.59. The summed E-state index contributed by atoms with van der Waals surface area (Å²) in [5.74, 6) is 0.859. The molecular weight excluding hydrogens is 178 g/mol. The number of benzene rings is 1. The maximum atomic E-state index is 10.6. The molecule has 0 saturated heterocycles. The molecule has 76 valence electrons. The van der Waals surface area contributed by atoms with Gasteiger partial charge in [0.1, 0.15) is 5.75 Å². The van der Waals surface area contributed by atoms with Crippen molar-refractivity contribution in [2.24, 2.45) is 0 Å². The van der Waals surface area contributed by atoms with Crippen molar-refractivity contribution in [1.29, 1.82) is 0 Å². The first kappa shape index (κ1) is 10.6. The average molecular weight is 193 g/mol. The Labute approximate surface area is 84.1 Å². The molecule has 0 radical (unpaired) electrons. The van der Waals surface area contributed by atoms with E-state index in [4.69, 9.17) is 4.74 Å². The molecule has 0 heterocycles. The van der Waals surface area contributed by atoms with Crippen LogP contribution in [0.2, 0.25) is 0 Å². The summed E-state index contributed by atoms with van der Waals surface area (Å²) in [5, 5.41) is 2.75. The molecule has 0 atom stereocenters. The van der Waals surface area contributed by atoms with Crippen LogP contribution in [0.1, 0.15) is 12.5 Å². The predicted octanol–water partition coefficient (Wildman–Crippen LogP) is 1.37. The lowest BCUT2D eigenvalue weighted by Gasteiger charge is -2.04. The van der Waals surface area contributed by atoms with Gasteiger partial charge in [-0.05, 0) is 24.1 Å². The van der Waals surface area contributed by atoms with Gasteiger partial charge in [0.05, 0.1) is 7.11 Å². The monoisotopic (exact) mass is 193 g/mol. The molecule has 14 heavy (non-hydrogen) atoms. The van der Waals surface area contributed by atoms with Gasteiger partial charge in [0, 0.05) is 13.5 Å². The maximum absolute atomic E-state index is 10.6. The van der Waals surface area contributed by atoms with Crippen LogP contribution in [-0.2, 0) is 11.2 Å². The topological polar surface area (TPSA) is 38.3 Å². The summed E-state index contributed by atoms with van der Waals surface area (Å²) >= 11 is 0. The van der Waals surface area contributed by atoms with Crippen molar-refractivity contribution in [1.82, 2.24) is 5.32 Å². The van der Waals surface area contributed by atoms with Crippen molar-refractivity contribution < 1.29 is 9.53 Å². The molecular formula is C11H15NO2. The second-order valence-electron chi connectivity index (χ2n) is 3.08. The number of carbonyl (C=O) groups is 1. The lowest BCUT2D eigenvalue weighted by molar-refractivity contribution is -0.118. The highest BCUT2D eigenvalue weighted by atomic mass is 16.5. The zero-order valence-corrected chi connectivity index (χ0v) is 8.54. The van der Waals surface area contributed by atoms with Crippen LogP contribution in [0.5, 0.6) is 5.75 Å². The van der Waals surface area contributed by atoms with E-state index in [-0.39, 0.29) is 5.91 Å². The molecule has 0 aliphatic carbocycles. The van der Waals surface area contributed by atoms with Crippen LogP contribution in [0.4, 0.5) is 0 Å². The Kier molecular flexibility index (Phi) is 3.98. The lowest BCUT2D eigenvalue weighted by atomic mass is 10.1. The Balaban J connectivity index is 2.46. The minimum atomic E-state index is 0.00731. The molecule has 1 amide bonds. The van der Waals surface area contributed by atoms with Gasteiger partial charge in [0.15, 0.2) is 0 Å². The van der Waals surface area contributed by atoms with Gasteiger partial charge >= 0.3 is 0 Å². The van der Waals surface area contributed by atoms with Crippen LogP contribution in [0.3, 0.4) is 0 Å². The summed E-state index contributed by atoms with van der Waals surface area (Å²) in [6.07, 6.45) is 0.830. The minimum absolute atomic E-state index is 0.00731. The summed E-state index contributed by atoms with van der Waals surface area (Å²) in [7, 11) is 1.65. The molecule has 3 heteroatoms. The predicted molar refractivity (Wildman–Crippen MR) is 55.4 cm³/mol. The average Bonchev–Trinajstić information content (AvgIpc) is 2.18. The largest absolute Gasteiger partial charge is 0.497 e. The fourth-order valence-electron chi connectivity index (χ4n) is 1.21. The first-order valence-electron chi connectivity index (χ1n) is 4.59.